The molecule has 5 nitrogen and oxygen atoms in total. The number of Topliss-reactive ketones (excluding diaryl/α,β-unsaturated/α-hetero) is 1. The summed E-state index contributed by atoms with van der Waals surface area (Å²) in [6, 6.07) is 9.20. The molecular weight excluding hydrogens is 375 g/mol. The molecule has 1 aliphatic heterocycles. The predicted molar refractivity (Wildman–Crippen MR) is 91.3 cm³/mol. The maximum absolute atomic E-state index is 12.4. The van der Waals surface area contributed by atoms with E-state index in [2.05, 4.69) is 0 Å². The van der Waals surface area contributed by atoms with E-state index in [1.165, 1.54) is 24.3 Å². The molecule has 0 spiro atoms. The number of rotatable bonds is 3. The first kappa shape index (κ1) is 16.8. The lowest BCUT2D eigenvalue weighted by Gasteiger charge is -2.04. The Balaban J connectivity index is 1.96. The fourth-order valence-corrected chi connectivity index (χ4v) is 2.98. The van der Waals surface area contributed by atoms with Gasteiger partial charge in [0.25, 0.3) is 0 Å². The third-order valence-corrected chi connectivity index (χ3v) is 4.49. The van der Waals surface area contributed by atoms with Crippen LogP contribution >= 0.6 is 23.2 Å². The summed E-state index contributed by atoms with van der Waals surface area (Å²) < 4.78 is 32.6. The lowest BCUT2D eigenvalue weighted by molar-refractivity contribution is 0.101. The Morgan fingerprint density at radius 1 is 1.17 bits per heavy atom. The van der Waals surface area contributed by atoms with Gasteiger partial charge < -0.3 is 8.92 Å². The van der Waals surface area contributed by atoms with Crippen molar-refractivity contribution in [2.45, 2.75) is 0 Å². The summed E-state index contributed by atoms with van der Waals surface area (Å²) in [5, 5.41) is 0.665. The Labute approximate surface area is 148 Å². The van der Waals surface area contributed by atoms with Crippen molar-refractivity contribution in [2.24, 2.45) is 0 Å². The van der Waals surface area contributed by atoms with Gasteiger partial charge in [-0.25, -0.2) is 0 Å². The van der Waals surface area contributed by atoms with E-state index in [1.807, 2.05) is 0 Å². The second-order valence-corrected chi connectivity index (χ2v) is 7.39. The van der Waals surface area contributed by atoms with Gasteiger partial charge in [0.15, 0.2) is 5.76 Å². The van der Waals surface area contributed by atoms with Gasteiger partial charge in [-0.2, -0.15) is 8.42 Å². The Bertz CT molecular complexity index is 980. The average molecular weight is 385 g/mol. The van der Waals surface area contributed by atoms with Gasteiger partial charge in [-0.05, 0) is 29.8 Å². The number of ether oxygens (including phenoxy) is 1. The molecule has 0 fully saturated rings. The van der Waals surface area contributed by atoms with Crippen LogP contribution in [-0.2, 0) is 10.1 Å². The SMILES string of the molecule is CS(=O)(=O)Oc1ccc2c(c1)O/C(=C\c1cccc(Cl)c1Cl)C2=O. The molecule has 124 valence electrons. The van der Waals surface area contributed by atoms with Crippen LogP contribution in [0.3, 0.4) is 0 Å². The lowest BCUT2D eigenvalue weighted by Crippen LogP contribution is -2.05. The zero-order valence-corrected chi connectivity index (χ0v) is 14.6. The highest BCUT2D eigenvalue weighted by molar-refractivity contribution is 7.86. The molecule has 0 saturated carbocycles. The maximum Gasteiger partial charge on any atom is 0.306 e. The Hall–Kier alpha value is -2.02. The van der Waals surface area contributed by atoms with Crippen LogP contribution < -0.4 is 8.92 Å². The number of hydrogen-bond acceptors (Lipinski definition) is 5. The molecule has 0 saturated heterocycles. The highest BCUT2D eigenvalue weighted by Crippen LogP contribution is 2.36. The van der Waals surface area contributed by atoms with E-state index < -0.39 is 10.1 Å². The molecule has 0 bridgehead atoms. The summed E-state index contributed by atoms with van der Waals surface area (Å²) in [6.07, 6.45) is 2.41. The first-order valence-corrected chi connectivity index (χ1v) is 9.23. The van der Waals surface area contributed by atoms with Crippen LogP contribution in [0.4, 0.5) is 0 Å². The molecule has 0 radical (unpaired) electrons. The molecule has 0 atom stereocenters. The molecule has 2 aromatic carbocycles. The number of allylic oxidation sites excluding steroid dienone is 1. The Morgan fingerprint density at radius 2 is 1.92 bits per heavy atom. The second kappa shape index (κ2) is 6.12. The maximum atomic E-state index is 12.4. The highest BCUT2D eigenvalue weighted by atomic mass is 35.5. The van der Waals surface area contributed by atoms with E-state index in [0.717, 1.165) is 6.26 Å². The molecule has 0 aliphatic carbocycles. The minimum Gasteiger partial charge on any atom is -0.452 e. The van der Waals surface area contributed by atoms with Crippen molar-refractivity contribution in [1.82, 2.24) is 0 Å². The van der Waals surface area contributed by atoms with Crippen LogP contribution in [-0.4, -0.2) is 20.5 Å². The Morgan fingerprint density at radius 3 is 2.62 bits per heavy atom. The fraction of sp³-hybridized carbons (Fsp3) is 0.0625. The topological polar surface area (TPSA) is 69.7 Å². The molecule has 0 N–H and O–H groups in total. The summed E-state index contributed by atoms with van der Waals surface area (Å²) in [6.45, 7) is 0. The van der Waals surface area contributed by atoms with Crippen LogP contribution in [0.15, 0.2) is 42.2 Å². The van der Waals surface area contributed by atoms with Crippen molar-refractivity contribution in [1.29, 1.82) is 0 Å². The van der Waals surface area contributed by atoms with Crippen molar-refractivity contribution < 1.29 is 22.1 Å². The third-order valence-electron chi connectivity index (χ3n) is 3.16. The molecule has 24 heavy (non-hydrogen) atoms. The van der Waals surface area contributed by atoms with Gasteiger partial charge in [-0.3, -0.25) is 4.79 Å². The van der Waals surface area contributed by atoms with Gasteiger partial charge in [0.2, 0.25) is 5.78 Å². The van der Waals surface area contributed by atoms with Crippen LogP contribution in [0.5, 0.6) is 11.5 Å². The molecular formula is C16H10Cl2O5S. The largest absolute Gasteiger partial charge is 0.452 e. The van der Waals surface area contributed by atoms with E-state index in [9.17, 15) is 13.2 Å². The van der Waals surface area contributed by atoms with Crippen molar-refractivity contribution in [2.75, 3.05) is 6.26 Å². The van der Waals surface area contributed by atoms with Crippen molar-refractivity contribution in [3.8, 4) is 11.5 Å². The van der Waals surface area contributed by atoms with Crippen LogP contribution in [0.25, 0.3) is 6.08 Å². The number of carbonyl (C=O) groups excluding carboxylic acids is 1. The summed E-state index contributed by atoms with van der Waals surface area (Å²) in [7, 11) is -3.67. The quantitative estimate of drug-likeness (QED) is 0.591. The van der Waals surface area contributed by atoms with E-state index in [-0.39, 0.29) is 23.0 Å². The second-order valence-electron chi connectivity index (χ2n) is 5.03. The van der Waals surface area contributed by atoms with Gasteiger partial charge in [0.05, 0.1) is 21.9 Å². The van der Waals surface area contributed by atoms with Crippen LogP contribution in [0, 0.1) is 0 Å². The number of hydrogen-bond donors (Lipinski definition) is 0. The van der Waals surface area contributed by atoms with Gasteiger partial charge in [0, 0.05) is 6.07 Å². The molecule has 0 aromatic heterocycles. The van der Waals surface area contributed by atoms with Crippen molar-refractivity contribution >= 4 is 45.2 Å². The van der Waals surface area contributed by atoms with E-state index in [4.69, 9.17) is 32.1 Å². The first-order chi connectivity index (χ1) is 11.2. The monoisotopic (exact) mass is 384 g/mol. The third kappa shape index (κ3) is 3.40. The number of carbonyl (C=O) groups is 1. The van der Waals surface area contributed by atoms with E-state index in [0.29, 0.717) is 21.2 Å². The van der Waals surface area contributed by atoms with Gasteiger partial charge in [0.1, 0.15) is 11.5 Å². The smallest absolute Gasteiger partial charge is 0.306 e. The van der Waals surface area contributed by atoms with Crippen LogP contribution in [0.1, 0.15) is 15.9 Å². The minimum absolute atomic E-state index is 0.0608. The molecule has 0 amide bonds. The summed E-state index contributed by atoms with van der Waals surface area (Å²) >= 11 is 12.0. The number of fused-ring (bicyclic) bond motifs is 1. The molecule has 1 aliphatic rings. The predicted octanol–water partition coefficient (Wildman–Crippen LogP) is 3.95. The van der Waals surface area contributed by atoms with Crippen molar-refractivity contribution in [3.05, 3.63) is 63.3 Å². The van der Waals surface area contributed by atoms with Crippen LogP contribution in [0.2, 0.25) is 10.0 Å². The van der Waals surface area contributed by atoms with Gasteiger partial charge >= 0.3 is 10.1 Å². The van der Waals surface area contributed by atoms with Gasteiger partial charge in [-0.1, -0.05) is 35.3 Å². The summed E-state index contributed by atoms with van der Waals surface area (Å²) in [5.74, 6) is -0.00532. The van der Waals surface area contributed by atoms with E-state index >= 15 is 0 Å². The summed E-state index contributed by atoms with van der Waals surface area (Å²) in [4.78, 5) is 12.4. The molecule has 3 rings (SSSR count). The zero-order chi connectivity index (χ0) is 17.5. The molecule has 2 aromatic rings. The lowest BCUT2D eigenvalue weighted by atomic mass is 10.1. The number of ketones is 1. The molecule has 8 heteroatoms. The highest BCUT2D eigenvalue weighted by Gasteiger charge is 2.28. The van der Waals surface area contributed by atoms with Gasteiger partial charge in [-0.15, -0.1) is 0 Å². The molecule has 1 heterocycles. The fourth-order valence-electron chi connectivity index (χ4n) is 2.17. The number of halogens is 2. The minimum atomic E-state index is -3.67. The number of benzene rings is 2. The van der Waals surface area contributed by atoms with Crippen molar-refractivity contribution in [3.63, 3.8) is 0 Å². The normalized spacial score (nSPS) is 15.3. The first-order valence-electron chi connectivity index (χ1n) is 6.66. The molecule has 0 unspecified atom stereocenters. The zero-order valence-electron chi connectivity index (χ0n) is 12.2. The standard InChI is InChI=1S/C16H10Cl2O5S/c1-24(20,21)23-10-5-6-11-13(8-10)22-14(16(11)19)7-9-3-2-4-12(17)15(9)18/h2-8H,1H3/b14-7-. The summed E-state index contributed by atoms with van der Waals surface area (Å²) in [5.41, 5.74) is 0.841. The average Bonchev–Trinajstić information content (AvgIpc) is 2.78. The van der Waals surface area contributed by atoms with E-state index in [1.54, 1.807) is 18.2 Å². The Kier molecular flexibility index (Phi) is 4.29.